The Hall–Kier alpha value is -0.530. The SMILES string of the molecule is Cc1ccc(C2(CCN)C3CC4CC(C3)CC2C4)cc1.Cl. The zero-order valence-electron chi connectivity index (χ0n) is 13.1. The van der Waals surface area contributed by atoms with Crippen LogP contribution in [0.25, 0.3) is 0 Å². The van der Waals surface area contributed by atoms with E-state index in [9.17, 15) is 0 Å². The first-order valence-electron chi connectivity index (χ1n) is 8.49. The van der Waals surface area contributed by atoms with Gasteiger partial charge in [0.1, 0.15) is 0 Å². The number of aryl methyl sites for hydroxylation is 1. The van der Waals surface area contributed by atoms with Crippen LogP contribution >= 0.6 is 12.4 Å². The van der Waals surface area contributed by atoms with Gasteiger partial charge in [-0.25, -0.2) is 0 Å². The van der Waals surface area contributed by atoms with E-state index in [0.717, 1.165) is 30.2 Å². The van der Waals surface area contributed by atoms with Gasteiger partial charge < -0.3 is 5.73 Å². The van der Waals surface area contributed by atoms with E-state index in [1.807, 2.05) is 0 Å². The topological polar surface area (TPSA) is 26.0 Å². The van der Waals surface area contributed by atoms with Crippen molar-refractivity contribution in [3.8, 4) is 0 Å². The van der Waals surface area contributed by atoms with Crippen LogP contribution in [0.3, 0.4) is 0 Å². The Morgan fingerprint density at radius 2 is 1.48 bits per heavy atom. The number of hydrogen-bond acceptors (Lipinski definition) is 1. The molecular weight excluding hydrogens is 278 g/mol. The molecule has 0 aromatic heterocycles. The highest BCUT2D eigenvalue weighted by molar-refractivity contribution is 5.85. The minimum atomic E-state index is 0. The molecule has 4 saturated carbocycles. The van der Waals surface area contributed by atoms with Crippen LogP contribution in [-0.4, -0.2) is 6.54 Å². The van der Waals surface area contributed by atoms with E-state index in [4.69, 9.17) is 5.73 Å². The lowest BCUT2D eigenvalue weighted by atomic mass is 9.43. The third-order valence-electron chi connectivity index (χ3n) is 6.74. The quantitative estimate of drug-likeness (QED) is 0.876. The van der Waals surface area contributed by atoms with Gasteiger partial charge in [0.25, 0.3) is 0 Å². The van der Waals surface area contributed by atoms with Crippen molar-refractivity contribution in [2.45, 2.75) is 50.9 Å². The molecule has 0 unspecified atom stereocenters. The Morgan fingerprint density at radius 1 is 0.952 bits per heavy atom. The van der Waals surface area contributed by atoms with Crippen molar-refractivity contribution in [1.82, 2.24) is 0 Å². The lowest BCUT2D eigenvalue weighted by molar-refractivity contribution is -0.0639. The van der Waals surface area contributed by atoms with Crippen molar-refractivity contribution in [2.75, 3.05) is 6.54 Å². The van der Waals surface area contributed by atoms with Crippen molar-refractivity contribution >= 4 is 12.4 Å². The van der Waals surface area contributed by atoms with Crippen LogP contribution in [0.5, 0.6) is 0 Å². The molecule has 1 nitrogen and oxygen atoms in total. The number of nitrogens with two attached hydrogens (primary N) is 1. The minimum Gasteiger partial charge on any atom is -0.330 e. The second kappa shape index (κ2) is 5.59. The summed E-state index contributed by atoms with van der Waals surface area (Å²) in [5.74, 6) is 3.89. The maximum atomic E-state index is 6.06. The van der Waals surface area contributed by atoms with Crippen LogP contribution in [0.4, 0.5) is 0 Å². The summed E-state index contributed by atoms with van der Waals surface area (Å²) in [5.41, 5.74) is 9.45. The highest BCUT2D eigenvalue weighted by atomic mass is 35.5. The third kappa shape index (κ3) is 2.24. The molecular formula is C19H28ClN. The zero-order valence-corrected chi connectivity index (χ0v) is 13.9. The molecule has 5 rings (SSSR count). The van der Waals surface area contributed by atoms with E-state index in [1.165, 1.54) is 44.1 Å². The second-order valence-corrected chi connectivity index (χ2v) is 7.75. The summed E-state index contributed by atoms with van der Waals surface area (Å²) in [5, 5.41) is 0. The number of benzene rings is 1. The van der Waals surface area contributed by atoms with Crippen LogP contribution < -0.4 is 5.73 Å². The molecule has 0 spiro atoms. The molecule has 0 aliphatic heterocycles. The van der Waals surface area contributed by atoms with Gasteiger partial charge in [-0.2, -0.15) is 0 Å². The van der Waals surface area contributed by atoms with Gasteiger partial charge in [-0.15, -0.1) is 12.4 Å². The molecule has 21 heavy (non-hydrogen) atoms. The Balaban J connectivity index is 0.00000132. The van der Waals surface area contributed by atoms with Crippen LogP contribution in [-0.2, 0) is 5.41 Å². The summed E-state index contributed by atoms with van der Waals surface area (Å²) < 4.78 is 0. The summed E-state index contributed by atoms with van der Waals surface area (Å²) in [4.78, 5) is 0. The highest BCUT2D eigenvalue weighted by Gasteiger charge is 2.57. The molecule has 1 aromatic carbocycles. The molecule has 0 heterocycles. The Bertz CT molecular complexity index is 465. The van der Waals surface area contributed by atoms with Crippen LogP contribution in [0.1, 0.15) is 49.7 Å². The van der Waals surface area contributed by atoms with E-state index >= 15 is 0 Å². The summed E-state index contributed by atoms with van der Waals surface area (Å²) in [7, 11) is 0. The van der Waals surface area contributed by atoms with Crippen molar-refractivity contribution in [2.24, 2.45) is 29.4 Å². The van der Waals surface area contributed by atoms with E-state index in [1.54, 1.807) is 5.56 Å². The molecule has 2 heteroatoms. The van der Waals surface area contributed by atoms with Gasteiger partial charge in [0.15, 0.2) is 0 Å². The molecule has 4 aliphatic rings. The number of halogens is 1. The average molecular weight is 306 g/mol. The van der Waals surface area contributed by atoms with Crippen molar-refractivity contribution in [3.05, 3.63) is 35.4 Å². The Morgan fingerprint density at radius 3 is 1.95 bits per heavy atom. The second-order valence-electron chi connectivity index (χ2n) is 7.75. The molecule has 0 radical (unpaired) electrons. The summed E-state index contributed by atoms with van der Waals surface area (Å²) in [6, 6.07) is 9.43. The molecule has 0 atom stereocenters. The first kappa shape index (κ1) is 15.4. The zero-order chi connectivity index (χ0) is 13.7. The van der Waals surface area contributed by atoms with Crippen LogP contribution in [0.15, 0.2) is 24.3 Å². The lowest BCUT2D eigenvalue weighted by Crippen LogP contribution is -2.56. The standard InChI is InChI=1S/C19H27N.ClH/c1-13-2-4-16(5-3-13)19(6-7-20)17-9-14-8-15(11-17)12-18(19)10-14;/h2-5,14-15,17-18H,6-12,20H2,1H3;1H. The van der Waals surface area contributed by atoms with Gasteiger partial charge in [-0.05, 0) is 81.2 Å². The van der Waals surface area contributed by atoms with E-state index in [0.29, 0.717) is 5.41 Å². The summed E-state index contributed by atoms with van der Waals surface area (Å²) >= 11 is 0. The first-order valence-corrected chi connectivity index (χ1v) is 8.49. The normalized spacial score (nSPS) is 40.1. The Kier molecular flexibility index (Phi) is 4.09. The smallest absolute Gasteiger partial charge is 0.00218 e. The predicted molar refractivity (Wildman–Crippen MR) is 90.8 cm³/mol. The van der Waals surface area contributed by atoms with E-state index in [-0.39, 0.29) is 12.4 Å². The third-order valence-corrected chi connectivity index (χ3v) is 6.74. The molecule has 4 fully saturated rings. The largest absolute Gasteiger partial charge is 0.330 e. The number of rotatable bonds is 3. The van der Waals surface area contributed by atoms with E-state index < -0.39 is 0 Å². The van der Waals surface area contributed by atoms with Gasteiger partial charge in [-0.1, -0.05) is 29.8 Å². The maximum Gasteiger partial charge on any atom is 0.00218 e. The molecule has 4 aliphatic carbocycles. The van der Waals surface area contributed by atoms with E-state index in [2.05, 4.69) is 31.2 Å². The van der Waals surface area contributed by atoms with Gasteiger partial charge in [0.05, 0.1) is 0 Å². The molecule has 4 bridgehead atoms. The summed E-state index contributed by atoms with van der Waals surface area (Å²) in [6.07, 6.45) is 8.62. The summed E-state index contributed by atoms with van der Waals surface area (Å²) in [6.45, 7) is 3.03. The van der Waals surface area contributed by atoms with Crippen LogP contribution in [0, 0.1) is 30.6 Å². The molecule has 116 valence electrons. The maximum absolute atomic E-state index is 6.06. The van der Waals surface area contributed by atoms with Crippen LogP contribution in [0.2, 0.25) is 0 Å². The highest BCUT2D eigenvalue weighted by Crippen LogP contribution is 2.63. The first-order chi connectivity index (χ1) is 9.72. The Labute approximate surface area is 135 Å². The van der Waals surface area contributed by atoms with Crippen molar-refractivity contribution < 1.29 is 0 Å². The average Bonchev–Trinajstić information content (AvgIpc) is 2.43. The fourth-order valence-electron chi connectivity index (χ4n) is 6.15. The van der Waals surface area contributed by atoms with Gasteiger partial charge in [0.2, 0.25) is 0 Å². The van der Waals surface area contributed by atoms with Gasteiger partial charge in [-0.3, -0.25) is 0 Å². The molecule has 0 saturated heterocycles. The lowest BCUT2D eigenvalue weighted by Gasteiger charge is -2.62. The molecule has 1 aromatic rings. The fraction of sp³-hybridized carbons (Fsp3) is 0.684. The molecule has 2 N–H and O–H groups in total. The minimum absolute atomic E-state index is 0. The van der Waals surface area contributed by atoms with Gasteiger partial charge >= 0.3 is 0 Å². The fourth-order valence-corrected chi connectivity index (χ4v) is 6.15. The van der Waals surface area contributed by atoms with Crippen molar-refractivity contribution in [3.63, 3.8) is 0 Å². The monoisotopic (exact) mass is 305 g/mol. The van der Waals surface area contributed by atoms with Gasteiger partial charge in [0, 0.05) is 5.41 Å². The van der Waals surface area contributed by atoms with Crippen molar-refractivity contribution in [1.29, 1.82) is 0 Å². The predicted octanol–water partition coefficient (Wildman–Crippen LogP) is 4.46. The number of hydrogen-bond donors (Lipinski definition) is 1. The molecule has 0 amide bonds.